The van der Waals surface area contributed by atoms with Crippen LogP contribution in [0.3, 0.4) is 0 Å². The lowest BCUT2D eigenvalue weighted by atomic mass is 9.86. The van der Waals surface area contributed by atoms with Gasteiger partial charge >= 0.3 is 0 Å². The van der Waals surface area contributed by atoms with Gasteiger partial charge in [-0.25, -0.2) is 0 Å². The highest BCUT2D eigenvalue weighted by Crippen LogP contribution is 2.44. The molecule has 0 amide bonds. The van der Waals surface area contributed by atoms with Crippen LogP contribution in [-0.4, -0.2) is 42.4 Å². The number of nitrogens with zero attached hydrogens (tertiary/aromatic N) is 1. The lowest BCUT2D eigenvalue weighted by molar-refractivity contribution is 0.0184. The number of rotatable bonds is 8. The van der Waals surface area contributed by atoms with Gasteiger partial charge in [-0.3, -0.25) is 9.29 Å². The lowest BCUT2D eigenvalue weighted by Gasteiger charge is -2.38. The number of alkyl halides is 1. The predicted molar refractivity (Wildman–Crippen MR) is 138 cm³/mol. The summed E-state index contributed by atoms with van der Waals surface area (Å²) in [5.74, 6) is 1.73. The smallest absolute Gasteiger partial charge is 0.124 e. The zero-order valence-corrected chi connectivity index (χ0v) is 20.2. The molecule has 182 valence electrons. The molecule has 1 aliphatic heterocycles. The first-order valence-electron chi connectivity index (χ1n) is 12.4. The van der Waals surface area contributed by atoms with E-state index in [-0.39, 0.29) is 18.5 Å². The Morgan fingerprint density at radius 2 is 1.91 bits per heavy atom. The average molecular weight is 474 g/mol. The van der Waals surface area contributed by atoms with Crippen molar-refractivity contribution < 1.29 is 18.7 Å². The van der Waals surface area contributed by atoms with Crippen molar-refractivity contribution in [3.05, 3.63) is 95.0 Å². The molecule has 1 N–H and O–H groups in total. The molecule has 35 heavy (non-hydrogen) atoms. The minimum atomic E-state index is -0.270. The first-order valence-corrected chi connectivity index (χ1v) is 12.4. The van der Waals surface area contributed by atoms with Crippen LogP contribution in [0.25, 0.3) is 16.9 Å². The molecule has 5 heteroatoms. The van der Waals surface area contributed by atoms with Crippen LogP contribution >= 0.6 is 0 Å². The van der Waals surface area contributed by atoms with Gasteiger partial charge in [0.1, 0.15) is 29.6 Å². The summed E-state index contributed by atoms with van der Waals surface area (Å²) in [5.41, 5.74) is 7.41. The van der Waals surface area contributed by atoms with Gasteiger partial charge in [-0.15, -0.1) is 0 Å². The summed E-state index contributed by atoms with van der Waals surface area (Å²) in [5, 5.41) is 10.4. The molecule has 0 radical (unpaired) electrons. The van der Waals surface area contributed by atoms with Crippen molar-refractivity contribution in [1.29, 1.82) is 0 Å². The third kappa shape index (κ3) is 4.78. The van der Waals surface area contributed by atoms with Gasteiger partial charge in [0.15, 0.2) is 0 Å². The molecule has 2 aliphatic rings. The highest BCUT2D eigenvalue weighted by atomic mass is 19.1. The second-order valence-corrected chi connectivity index (χ2v) is 9.48. The Bertz CT molecular complexity index is 1230. The normalized spacial score (nSPS) is 16.5. The summed E-state index contributed by atoms with van der Waals surface area (Å²) in [7, 11) is 0. The quantitative estimate of drug-likeness (QED) is 0.364. The van der Waals surface area contributed by atoms with Gasteiger partial charge in [0.05, 0.1) is 12.2 Å². The molecule has 2 heterocycles. The number of ether oxygens (including phenoxy) is 1. The molecule has 0 spiro atoms. The van der Waals surface area contributed by atoms with E-state index in [1.807, 2.05) is 12.1 Å². The number of hydrogen-bond acceptors (Lipinski definition) is 4. The summed E-state index contributed by atoms with van der Waals surface area (Å²) in [4.78, 5) is 2.22. The number of aliphatic hydroxyl groups is 1. The molecule has 1 fully saturated rings. The van der Waals surface area contributed by atoms with Gasteiger partial charge in [0.25, 0.3) is 0 Å². The summed E-state index contributed by atoms with van der Waals surface area (Å²) >= 11 is 0. The minimum absolute atomic E-state index is 0.0146. The average Bonchev–Trinajstić information content (AvgIpc) is 3.16. The van der Waals surface area contributed by atoms with Crippen LogP contribution < -0.4 is 4.74 Å². The maximum Gasteiger partial charge on any atom is 0.124 e. The van der Waals surface area contributed by atoms with E-state index < -0.39 is 0 Å². The van der Waals surface area contributed by atoms with Gasteiger partial charge in [0.2, 0.25) is 0 Å². The first kappa shape index (κ1) is 23.4. The Hall–Kier alpha value is -3.31. The SMILES string of the molecule is C=C(O)c1coc2c1C(c1ccc(OC3CN(CCCF)C3)cc1)=C(c1ccccc1C)CCC2. The van der Waals surface area contributed by atoms with Crippen LogP contribution in [0.15, 0.2) is 65.8 Å². The molecule has 1 aromatic heterocycles. The topological polar surface area (TPSA) is 45.8 Å². The van der Waals surface area contributed by atoms with E-state index in [2.05, 4.69) is 54.8 Å². The van der Waals surface area contributed by atoms with Crippen molar-refractivity contribution >= 4 is 16.9 Å². The second-order valence-electron chi connectivity index (χ2n) is 9.48. The molecule has 1 saturated heterocycles. The lowest BCUT2D eigenvalue weighted by Crippen LogP contribution is -2.53. The van der Waals surface area contributed by atoms with Crippen LogP contribution in [0.5, 0.6) is 5.75 Å². The number of benzene rings is 2. The Morgan fingerprint density at radius 1 is 1.14 bits per heavy atom. The summed E-state index contributed by atoms with van der Waals surface area (Å²) < 4.78 is 24.5. The van der Waals surface area contributed by atoms with Crippen LogP contribution in [-0.2, 0) is 6.42 Å². The van der Waals surface area contributed by atoms with Crippen LogP contribution in [0.4, 0.5) is 4.39 Å². The van der Waals surface area contributed by atoms with E-state index in [1.165, 1.54) is 16.7 Å². The molecule has 5 rings (SSSR count). The number of halogens is 1. The van der Waals surface area contributed by atoms with Gasteiger partial charge in [-0.2, -0.15) is 0 Å². The van der Waals surface area contributed by atoms with E-state index in [0.29, 0.717) is 12.0 Å². The van der Waals surface area contributed by atoms with E-state index in [9.17, 15) is 9.50 Å². The number of aryl methyl sites for hydroxylation is 2. The zero-order chi connectivity index (χ0) is 24.4. The summed E-state index contributed by atoms with van der Waals surface area (Å²) in [6.07, 6.45) is 5.03. The Balaban J connectivity index is 1.51. The monoisotopic (exact) mass is 473 g/mol. The summed E-state index contributed by atoms with van der Waals surface area (Å²) in [6, 6.07) is 16.7. The van der Waals surface area contributed by atoms with Crippen LogP contribution in [0, 0.1) is 6.92 Å². The predicted octanol–water partition coefficient (Wildman–Crippen LogP) is 6.83. The molecule has 0 atom stereocenters. The molecule has 2 aromatic carbocycles. The number of furan rings is 1. The number of fused-ring (bicyclic) bond motifs is 1. The highest BCUT2D eigenvalue weighted by Gasteiger charge is 2.29. The molecular formula is C30H32FNO3. The molecule has 3 aromatic rings. The number of hydrogen-bond donors (Lipinski definition) is 1. The van der Waals surface area contributed by atoms with Crippen LogP contribution in [0.1, 0.15) is 52.8 Å². The van der Waals surface area contributed by atoms with Crippen molar-refractivity contribution in [2.24, 2.45) is 0 Å². The van der Waals surface area contributed by atoms with Gasteiger partial charge in [-0.05, 0) is 66.2 Å². The fourth-order valence-electron chi connectivity index (χ4n) is 5.23. The van der Waals surface area contributed by atoms with Crippen molar-refractivity contribution in [2.75, 3.05) is 26.3 Å². The molecule has 1 aliphatic carbocycles. The molecule has 0 unspecified atom stereocenters. The van der Waals surface area contributed by atoms with Crippen molar-refractivity contribution in [3.63, 3.8) is 0 Å². The standard InChI is InChI=1S/C30H32FNO3/c1-20-7-3-4-8-25(20)26-9-5-10-28-30(27(19-34-28)21(2)33)29(26)22-11-13-23(14-12-22)35-24-17-32(18-24)16-6-15-31/h3-4,7-8,11-14,19,24,33H,2,5-6,9-10,15-18H2,1H3. The molecule has 4 nitrogen and oxygen atoms in total. The van der Waals surface area contributed by atoms with Gasteiger partial charge in [0, 0.05) is 31.6 Å². The minimum Gasteiger partial charge on any atom is -0.508 e. The molecule has 0 saturated carbocycles. The Labute approximate surface area is 206 Å². The molecule has 0 bridgehead atoms. The third-order valence-corrected chi connectivity index (χ3v) is 7.01. The number of aliphatic hydroxyl groups excluding tert-OH is 1. The maximum absolute atomic E-state index is 12.4. The van der Waals surface area contributed by atoms with Crippen LogP contribution in [0.2, 0.25) is 0 Å². The van der Waals surface area contributed by atoms with E-state index in [1.54, 1.807) is 6.26 Å². The van der Waals surface area contributed by atoms with Gasteiger partial charge < -0.3 is 14.3 Å². The van der Waals surface area contributed by atoms with Crippen molar-refractivity contribution in [1.82, 2.24) is 4.90 Å². The number of allylic oxidation sites excluding steroid dienone is 1. The van der Waals surface area contributed by atoms with Crippen molar-refractivity contribution in [2.45, 2.75) is 38.7 Å². The van der Waals surface area contributed by atoms with E-state index >= 15 is 0 Å². The van der Waals surface area contributed by atoms with E-state index in [0.717, 1.165) is 67.1 Å². The highest BCUT2D eigenvalue weighted by molar-refractivity contribution is 6.02. The zero-order valence-electron chi connectivity index (χ0n) is 20.2. The summed E-state index contributed by atoms with van der Waals surface area (Å²) in [6.45, 7) is 8.13. The third-order valence-electron chi connectivity index (χ3n) is 7.01. The fourth-order valence-corrected chi connectivity index (χ4v) is 5.23. The largest absolute Gasteiger partial charge is 0.508 e. The van der Waals surface area contributed by atoms with E-state index in [4.69, 9.17) is 9.15 Å². The Kier molecular flexibility index (Phi) is 6.78. The van der Waals surface area contributed by atoms with Crippen molar-refractivity contribution in [3.8, 4) is 5.75 Å². The first-order chi connectivity index (χ1) is 17.0. The fraction of sp³-hybridized carbons (Fsp3) is 0.333. The molecular weight excluding hydrogens is 441 g/mol. The second kappa shape index (κ2) is 10.1. The Morgan fingerprint density at radius 3 is 2.63 bits per heavy atom. The number of likely N-dealkylation sites (tertiary alicyclic amines) is 1. The maximum atomic E-state index is 12.4. The van der Waals surface area contributed by atoms with Gasteiger partial charge in [-0.1, -0.05) is 43.0 Å².